The van der Waals surface area contributed by atoms with Crippen LogP contribution >= 0.6 is 0 Å². The molecule has 1 spiro atoms. The fourth-order valence-electron chi connectivity index (χ4n) is 5.29. The monoisotopic (exact) mass is 386 g/mol. The molecular formula is C16H20F6N2O2. The number of nitrogens with zero attached hydrogens (tertiary/aromatic N) is 1. The third kappa shape index (κ3) is 2.23. The van der Waals surface area contributed by atoms with Gasteiger partial charge in [-0.1, -0.05) is 6.42 Å². The second-order valence-corrected chi connectivity index (χ2v) is 8.01. The van der Waals surface area contributed by atoms with E-state index in [0.717, 1.165) is 25.7 Å². The number of nitrogens with one attached hydrogen (secondary N) is 1. The van der Waals surface area contributed by atoms with E-state index < -0.39 is 43.3 Å². The van der Waals surface area contributed by atoms with Gasteiger partial charge in [0.05, 0.1) is 6.10 Å². The number of urea groups is 1. The largest absolute Gasteiger partial charge is 0.404 e. The highest BCUT2D eigenvalue weighted by molar-refractivity contribution is 5.75. The summed E-state index contributed by atoms with van der Waals surface area (Å²) in [4.78, 5) is 13.1. The van der Waals surface area contributed by atoms with E-state index >= 15 is 0 Å². The first-order valence-corrected chi connectivity index (χ1v) is 8.82. The molecule has 2 heterocycles. The Hall–Kier alpha value is -1.19. The zero-order valence-electron chi connectivity index (χ0n) is 13.9. The van der Waals surface area contributed by atoms with Crippen LogP contribution in [0.5, 0.6) is 0 Å². The van der Waals surface area contributed by atoms with Gasteiger partial charge < -0.3 is 15.0 Å². The summed E-state index contributed by atoms with van der Waals surface area (Å²) in [6.07, 6.45) is -8.50. The minimum atomic E-state index is -5.45. The van der Waals surface area contributed by atoms with Crippen molar-refractivity contribution < 1.29 is 35.9 Å². The van der Waals surface area contributed by atoms with Crippen molar-refractivity contribution in [3.05, 3.63) is 0 Å². The number of hydrogen-bond donors (Lipinski definition) is 1. The first-order chi connectivity index (χ1) is 12.0. The summed E-state index contributed by atoms with van der Waals surface area (Å²) in [7, 11) is 0. The zero-order valence-corrected chi connectivity index (χ0v) is 13.9. The van der Waals surface area contributed by atoms with Gasteiger partial charge in [-0.3, -0.25) is 0 Å². The molecule has 2 amide bonds. The molecule has 4 rings (SSSR count). The molecule has 0 aromatic rings. The number of likely N-dealkylation sites (tertiary alicyclic amines) is 1. The van der Waals surface area contributed by atoms with Crippen molar-refractivity contribution >= 4 is 6.03 Å². The van der Waals surface area contributed by atoms with Gasteiger partial charge in [-0.05, 0) is 25.7 Å². The van der Waals surface area contributed by atoms with Gasteiger partial charge in [0.2, 0.25) is 0 Å². The lowest BCUT2D eigenvalue weighted by Gasteiger charge is -2.63. The normalized spacial score (nSPS) is 35.0. The Morgan fingerprint density at radius 3 is 2.23 bits per heavy atom. The molecule has 2 aliphatic heterocycles. The van der Waals surface area contributed by atoms with Gasteiger partial charge in [0, 0.05) is 37.1 Å². The van der Waals surface area contributed by atoms with Gasteiger partial charge in [-0.25, -0.2) is 4.79 Å². The minimum Gasteiger partial charge on any atom is -0.377 e. The number of carbonyl (C=O) groups is 1. The molecule has 0 aromatic carbocycles. The average molecular weight is 386 g/mol. The third-order valence-corrected chi connectivity index (χ3v) is 6.96. The van der Waals surface area contributed by atoms with Crippen molar-refractivity contribution in [3.63, 3.8) is 0 Å². The van der Waals surface area contributed by atoms with Crippen molar-refractivity contribution in [2.45, 2.75) is 56.6 Å². The van der Waals surface area contributed by atoms with E-state index in [0.29, 0.717) is 11.5 Å². The highest BCUT2D eigenvalue weighted by Gasteiger charge is 2.73. The molecule has 0 bridgehead atoms. The van der Waals surface area contributed by atoms with Crippen LogP contribution in [0.1, 0.15) is 32.1 Å². The molecule has 1 N–H and O–H groups in total. The van der Waals surface area contributed by atoms with Gasteiger partial charge in [0.1, 0.15) is 0 Å². The van der Waals surface area contributed by atoms with Crippen molar-refractivity contribution in [1.82, 2.24) is 10.2 Å². The number of ether oxygens (including phenoxy) is 1. The molecule has 0 unspecified atom stereocenters. The third-order valence-electron chi connectivity index (χ3n) is 6.96. The maximum absolute atomic E-state index is 13.2. The standard InChI is InChI=1S/C16H20F6N2O2/c17-15(18,19)14(16(20,21)22)5-6-24(8-14)12(25)23-10-9-2-7-26-11(9)13(10)3-1-4-13/h9-11H,1-8H2,(H,23,25)/t9-,10-,11+/m1/s1. The molecule has 2 aliphatic carbocycles. The fourth-order valence-corrected chi connectivity index (χ4v) is 5.29. The van der Waals surface area contributed by atoms with E-state index in [9.17, 15) is 31.1 Å². The van der Waals surface area contributed by atoms with Crippen LogP contribution in [0.2, 0.25) is 0 Å². The van der Waals surface area contributed by atoms with Crippen LogP contribution in [-0.2, 0) is 4.74 Å². The average Bonchev–Trinajstić information content (AvgIpc) is 3.07. The summed E-state index contributed by atoms with van der Waals surface area (Å²) >= 11 is 0. The second-order valence-electron chi connectivity index (χ2n) is 8.01. The van der Waals surface area contributed by atoms with Crippen molar-refractivity contribution in [2.75, 3.05) is 19.7 Å². The number of hydrogen-bond acceptors (Lipinski definition) is 2. The molecule has 26 heavy (non-hydrogen) atoms. The maximum Gasteiger partial charge on any atom is 0.404 e. The molecule has 2 saturated carbocycles. The lowest BCUT2D eigenvalue weighted by Crippen LogP contribution is -2.72. The molecule has 3 atom stereocenters. The molecule has 4 fully saturated rings. The molecule has 2 saturated heterocycles. The molecule has 0 aromatic heterocycles. The van der Waals surface area contributed by atoms with E-state index in [2.05, 4.69) is 5.32 Å². The van der Waals surface area contributed by atoms with Gasteiger partial charge in [-0.2, -0.15) is 26.3 Å². The topological polar surface area (TPSA) is 41.6 Å². The van der Waals surface area contributed by atoms with Gasteiger partial charge >= 0.3 is 18.4 Å². The molecular weight excluding hydrogens is 366 g/mol. The van der Waals surface area contributed by atoms with Crippen LogP contribution in [0, 0.1) is 16.7 Å². The predicted molar refractivity (Wildman–Crippen MR) is 77.2 cm³/mol. The van der Waals surface area contributed by atoms with Gasteiger partial charge in [0.15, 0.2) is 5.41 Å². The first kappa shape index (κ1) is 18.2. The number of carbonyl (C=O) groups excluding carboxylic acids is 1. The lowest BCUT2D eigenvalue weighted by molar-refractivity contribution is -0.334. The van der Waals surface area contributed by atoms with Crippen LogP contribution in [0.25, 0.3) is 0 Å². The molecule has 4 aliphatic rings. The Morgan fingerprint density at radius 1 is 1.08 bits per heavy atom. The highest BCUT2D eigenvalue weighted by atomic mass is 19.4. The van der Waals surface area contributed by atoms with Crippen LogP contribution in [0.15, 0.2) is 0 Å². The lowest BCUT2D eigenvalue weighted by atomic mass is 9.46. The second kappa shape index (κ2) is 5.42. The maximum atomic E-state index is 13.2. The zero-order chi connectivity index (χ0) is 19.0. The Kier molecular flexibility index (Phi) is 3.79. The van der Waals surface area contributed by atoms with Crippen LogP contribution in [0.3, 0.4) is 0 Å². The van der Waals surface area contributed by atoms with Crippen molar-refractivity contribution in [1.29, 1.82) is 0 Å². The van der Waals surface area contributed by atoms with Gasteiger partial charge in [-0.15, -0.1) is 0 Å². The van der Waals surface area contributed by atoms with E-state index in [1.54, 1.807) is 0 Å². The Balaban J connectivity index is 1.47. The van der Waals surface area contributed by atoms with Crippen LogP contribution in [-0.4, -0.2) is 55.1 Å². The van der Waals surface area contributed by atoms with Crippen molar-refractivity contribution in [3.8, 4) is 0 Å². The van der Waals surface area contributed by atoms with E-state index in [4.69, 9.17) is 4.74 Å². The summed E-state index contributed by atoms with van der Waals surface area (Å²) < 4.78 is 84.6. The van der Waals surface area contributed by atoms with Crippen LogP contribution in [0.4, 0.5) is 31.1 Å². The van der Waals surface area contributed by atoms with Crippen molar-refractivity contribution in [2.24, 2.45) is 16.7 Å². The number of halogens is 6. The SMILES string of the molecule is O=C(N[C@@H]1[C@H]2CCO[C@@H]2C12CCC2)N1CCC(C(F)(F)F)(C(F)(F)F)C1. The molecule has 148 valence electrons. The molecule has 0 radical (unpaired) electrons. The Bertz CT molecular complexity index is 587. The molecule has 4 nitrogen and oxygen atoms in total. The van der Waals surface area contributed by atoms with E-state index in [1.165, 1.54) is 0 Å². The smallest absolute Gasteiger partial charge is 0.377 e. The number of fused-ring (bicyclic) bond motifs is 2. The number of rotatable bonds is 1. The fraction of sp³-hybridized carbons (Fsp3) is 0.938. The summed E-state index contributed by atoms with van der Waals surface area (Å²) in [5.74, 6) is 0.108. The summed E-state index contributed by atoms with van der Waals surface area (Å²) in [6.45, 7) is -1.36. The first-order valence-electron chi connectivity index (χ1n) is 8.82. The summed E-state index contributed by atoms with van der Waals surface area (Å²) in [5.41, 5.74) is -4.02. The summed E-state index contributed by atoms with van der Waals surface area (Å²) in [6, 6.07) is -1.05. The predicted octanol–water partition coefficient (Wildman–Crippen LogP) is 3.47. The highest BCUT2D eigenvalue weighted by Crippen LogP contribution is 2.63. The van der Waals surface area contributed by atoms with E-state index in [1.807, 2.05) is 0 Å². The van der Waals surface area contributed by atoms with Crippen LogP contribution < -0.4 is 5.32 Å². The quantitative estimate of drug-likeness (QED) is 0.702. The van der Waals surface area contributed by atoms with E-state index in [-0.39, 0.29) is 23.5 Å². The van der Waals surface area contributed by atoms with Gasteiger partial charge in [0.25, 0.3) is 0 Å². The minimum absolute atomic E-state index is 0.0598. The Morgan fingerprint density at radius 2 is 1.73 bits per heavy atom. The Labute approximate surface area is 146 Å². The number of alkyl halides is 6. The number of amides is 2. The summed E-state index contributed by atoms with van der Waals surface area (Å²) in [5, 5.41) is 2.74. The molecule has 10 heteroatoms.